The molecule has 0 aliphatic heterocycles. The molecule has 3 N–H and O–H groups in total. The van der Waals surface area contributed by atoms with E-state index in [1.54, 1.807) is 31.2 Å². The lowest BCUT2D eigenvalue weighted by molar-refractivity contribution is -0.00398. The van der Waals surface area contributed by atoms with Crippen LogP contribution in [0.25, 0.3) is 11.1 Å². The molecule has 0 bridgehead atoms. The van der Waals surface area contributed by atoms with Gasteiger partial charge in [-0.3, -0.25) is 0 Å². The van der Waals surface area contributed by atoms with E-state index in [9.17, 15) is 23.8 Å². The molecule has 1 unspecified atom stereocenters. The molecule has 3 aromatic carbocycles. The SMILES string of the molecule is Cc1cc(-c2ccccc2C(C)OC[C@@H](O)CNC(C)(C)Cc2ccc(C)c(F)c2F)ccc1C(=O)O. The van der Waals surface area contributed by atoms with Gasteiger partial charge < -0.3 is 20.3 Å². The minimum atomic E-state index is -0.962. The number of rotatable bonds is 11. The molecular formula is C30H35F2NO4. The van der Waals surface area contributed by atoms with Crippen molar-refractivity contribution in [3.63, 3.8) is 0 Å². The molecule has 0 aliphatic carbocycles. The fraction of sp³-hybridized carbons (Fsp3) is 0.367. The van der Waals surface area contributed by atoms with E-state index in [2.05, 4.69) is 5.32 Å². The molecule has 0 heterocycles. The van der Waals surface area contributed by atoms with E-state index in [1.165, 1.54) is 6.92 Å². The van der Waals surface area contributed by atoms with Crippen LogP contribution >= 0.6 is 0 Å². The van der Waals surface area contributed by atoms with Crippen LogP contribution in [0.5, 0.6) is 0 Å². The van der Waals surface area contributed by atoms with Gasteiger partial charge in [0.2, 0.25) is 0 Å². The number of carbonyl (C=O) groups is 1. The highest BCUT2D eigenvalue weighted by molar-refractivity contribution is 5.90. The molecule has 0 saturated carbocycles. The van der Waals surface area contributed by atoms with Gasteiger partial charge in [-0.1, -0.05) is 48.5 Å². The number of aromatic carboxylic acids is 1. The number of benzene rings is 3. The number of carboxylic acids is 1. The number of aliphatic hydroxyl groups excluding tert-OH is 1. The lowest BCUT2D eigenvalue weighted by atomic mass is 9.93. The smallest absolute Gasteiger partial charge is 0.335 e. The predicted octanol–water partition coefficient (Wildman–Crippen LogP) is 6.00. The Labute approximate surface area is 217 Å². The van der Waals surface area contributed by atoms with Crippen molar-refractivity contribution >= 4 is 5.97 Å². The van der Waals surface area contributed by atoms with Crippen LogP contribution in [0.2, 0.25) is 0 Å². The zero-order valence-corrected chi connectivity index (χ0v) is 21.9. The van der Waals surface area contributed by atoms with Gasteiger partial charge in [-0.2, -0.15) is 0 Å². The number of hydrogen-bond acceptors (Lipinski definition) is 4. The maximum atomic E-state index is 14.3. The van der Waals surface area contributed by atoms with Gasteiger partial charge in [0.25, 0.3) is 0 Å². The maximum Gasteiger partial charge on any atom is 0.335 e. The van der Waals surface area contributed by atoms with E-state index in [0.717, 1.165) is 16.7 Å². The Hall–Kier alpha value is -3.13. The summed E-state index contributed by atoms with van der Waals surface area (Å²) >= 11 is 0. The fourth-order valence-electron chi connectivity index (χ4n) is 4.34. The van der Waals surface area contributed by atoms with Crippen LogP contribution in [0.15, 0.2) is 54.6 Å². The average molecular weight is 512 g/mol. The zero-order valence-electron chi connectivity index (χ0n) is 21.9. The Bertz CT molecular complexity index is 1260. The number of β-amino-alcohol motifs (C(OH)–C–C–N with tert-alkyl or cyclic N) is 1. The minimum absolute atomic E-state index is 0.0725. The first-order chi connectivity index (χ1) is 17.4. The first kappa shape index (κ1) is 28.4. The van der Waals surface area contributed by atoms with Crippen LogP contribution in [0, 0.1) is 25.5 Å². The largest absolute Gasteiger partial charge is 0.478 e. The van der Waals surface area contributed by atoms with E-state index < -0.39 is 29.2 Å². The first-order valence-corrected chi connectivity index (χ1v) is 12.3. The minimum Gasteiger partial charge on any atom is -0.478 e. The Morgan fingerprint density at radius 1 is 1.03 bits per heavy atom. The van der Waals surface area contributed by atoms with Gasteiger partial charge in [0.05, 0.1) is 24.4 Å². The van der Waals surface area contributed by atoms with Crippen LogP contribution in [0.1, 0.15) is 59.5 Å². The highest BCUT2D eigenvalue weighted by Crippen LogP contribution is 2.31. The molecule has 37 heavy (non-hydrogen) atoms. The van der Waals surface area contributed by atoms with Crippen LogP contribution < -0.4 is 5.32 Å². The second-order valence-corrected chi connectivity index (χ2v) is 10.2. The monoisotopic (exact) mass is 511 g/mol. The second-order valence-electron chi connectivity index (χ2n) is 10.2. The topological polar surface area (TPSA) is 78.8 Å². The van der Waals surface area contributed by atoms with Crippen molar-refractivity contribution < 1.29 is 28.5 Å². The Morgan fingerprint density at radius 3 is 2.41 bits per heavy atom. The van der Waals surface area contributed by atoms with Crippen molar-refractivity contribution in [1.29, 1.82) is 0 Å². The van der Waals surface area contributed by atoms with Gasteiger partial charge >= 0.3 is 5.97 Å². The van der Waals surface area contributed by atoms with E-state index >= 15 is 0 Å². The molecule has 5 nitrogen and oxygen atoms in total. The number of hydrogen-bond donors (Lipinski definition) is 3. The van der Waals surface area contributed by atoms with E-state index in [0.29, 0.717) is 5.56 Å². The number of halogens is 2. The molecule has 0 aliphatic rings. The zero-order chi connectivity index (χ0) is 27.3. The summed E-state index contributed by atoms with van der Waals surface area (Å²) in [5.74, 6) is -2.63. The van der Waals surface area contributed by atoms with Crippen molar-refractivity contribution in [3.05, 3.63) is 94.0 Å². The summed E-state index contributed by atoms with van der Waals surface area (Å²) in [6.45, 7) is 9.22. The summed E-state index contributed by atoms with van der Waals surface area (Å²) < 4.78 is 34.2. The van der Waals surface area contributed by atoms with Crippen molar-refractivity contribution in [2.45, 2.75) is 58.8 Å². The third-order valence-corrected chi connectivity index (χ3v) is 6.51. The van der Waals surface area contributed by atoms with Crippen molar-refractivity contribution in [2.24, 2.45) is 0 Å². The van der Waals surface area contributed by atoms with Crippen LogP contribution in [0.4, 0.5) is 8.78 Å². The summed E-state index contributed by atoms with van der Waals surface area (Å²) in [5, 5.41) is 23.1. The van der Waals surface area contributed by atoms with Crippen LogP contribution in [-0.4, -0.2) is 41.0 Å². The van der Waals surface area contributed by atoms with Crippen molar-refractivity contribution in [3.8, 4) is 11.1 Å². The first-order valence-electron chi connectivity index (χ1n) is 12.3. The Balaban J connectivity index is 1.60. The van der Waals surface area contributed by atoms with Gasteiger partial charge in [-0.05, 0) is 80.5 Å². The summed E-state index contributed by atoms with van der Waals surface area (Å²) in [5.41, 5.74) is 3.63. The molecule has 3 rings (SSSR count). The normalized spacial score (nSPS) is 13.4. The highest BCUT2D eigenvalue weighted by Gasteiger charge is 2.23. The van der Waals surface area contributed by atoms with Crippen LogP contribution in [-0.2, 0) is 11.2 Å². The second kappa shape index (κ2) is 11.9. The van der Waals surface area contributed by atoms with Gasteiger partial charge in [0, 0.05) is 12.1 Å². The molecule has 198 valence electrons. The molecule has 3 aromatic rings. The number of ether oxygens (including phenoxy) is 1. The van der Waals surface area contributed by atoms with Gasteiger partial charge in [0.15, 0.2) is 11.6 Å². The number of carboxylic acid groups (broad SMARTS) is 1. The van der Waals surface area contributed by atoms with E-state index in [4.69, 9.17) is 4.74 Å². The highest BCUT2D eigenvalue weighted by atomic mass is 19.2. The third kappa shape index (κ3) is 7.22. The van der Waals surface area contributed by atoms with Gasteiger partial charge in [-0.15, -0.1) is 0 Å². The lowest BCUT2D eigenvalue weighted by Gasteiger charge is -2.28. The summed E-state index contributed by atoms with van der Waals surface area (Å²) in [4.78, 5) is 11.4. The maximum absolute atomic E-state index is 14.3. The molecule has 0 fully saturated rings. The number of aliphatic hydroxyl groups is 1. The van der Waals surface area contributed by atoms with Crippen molar-refractivity contribution in [1.82, 2.24) is 5.32 Å². The molecule has 0 saturated heterocycles. The third-order valence-electron chi connectivity index (χ3n) is 6.51. The Kier molecular flexibility index (Phi) is 9.18. The summed E-state index contributed by atoms with van der Waals surface area (Å²) in [6.07, 6.45) is -0.887. The van der Waals surface area contributed by atoms with Crippen molar-refractivity contribution in [2.75, 3.05) is 13.2 Å². The standard InChI is InChI=1S/C30H35F2NO4/c1-18-10-11-22(28(32)27(18)31)15-30(4,5)33-16-23(34)17-37-20(3)25-8-6-7-9-26(25)21-12-13-24(29(35)36)19(2)14-21/h6-14,20,23,33-34H,15-17H2,1-5H3,(H,35,36)/t20?,23-/m0/s1. The molecule has 0 radical (unpaired) electrons. The number of aryl methyl sites for hydroxylation is 2. The molecule has 0 amide bonds. The Morgan fingerprint density at radius 2 is 1.73 bits per heavy atom. The number of nitrogens with one attached hydrogen (secondary N) is 1. The summed E-state index contributed by atoms with van der Waals surface area (Å²) in [6, 6.07) is 16.1. The van der Waals surface area contributed by atoms with Gasteiger partial charge in [0.1, 0.15) is 0 Å². The van der Waals surface area contributed by atoms with Gasteiger partial charge in [-0.25, -0.2) is 13.6 Å². The molecule has 0 spiro atoms. The lowest BCUT2D eigenvalue weighted by Crippen LogP contribution is -2.46. The van der Waals surface area contributed by atoms with E-state index in [-0.39, 0.29) is 42.4 Å². The average Bonchev–Trinajstić information content (AvgIpc) is 2.86. The van der Waals surface area contributed by atoms with E-state index in [1.807, 2.05) is 51.1 Å². The van der Waals surface area contributed by atoms with Crippen LogP contribution in [0.3, 0.4) is 0 Å². The molecule has 2 atom stereocenters. The molecule has 0 aromatic heterocycles. The molecule has 7 heteroatoms. The predicted molar refractivity (Wildman–Crippen MR) is 141 cm³/mol. The quantitative estimate of drug-likeness (QED) is 0.294. The summed E-state index contributed by atoms with van der Waals surface area (Å²) in [7, 11) is 0. The fourth-order valence-corrected chi connectivity index (χ4v) is 4.34. The molecular weight excluding hydrogens is 476 g/mol.